The molecule has 0 radical (unpaired) electrons. The van der Waals surface area contributed by atoms with Gasteiger partial charge in [0, 0.05) is 18.5 Å². The van der Waals surface area contributed by atoms with Crippen molar-refractivity contribution in [2.24, 2.45) is 11.7 Å². The zero-order valence-electron chi connectivity index (χ0n) is 10.7. The minimum Gasteiger partial charge on any atom is -0.369 e. The van der Waals surface area contributed by atoms with Crippen LogP contribution in [0.25, 0.3) is 0 Å². The van der Waals surface area contributed by atoms with Crippen molar-refractivity contribution in [3.8, 4) is 0 Å². The predicted octanol–water partition coefficient (Wildman–Crippen LogP) is 2.61. The Hall–Kier alpha value is -1.13. The smallest absolute Gasteiger partial charge is 0.220 e. The maximum Gasteiger partial charge on any atom is 0.220 e. The normalized spacial score (nSPS) is 23.3. The van der Waals surface area contributed by atoms with Crippen molar-refractivity contribution in [3.05, 3.63) is 34.6 Å². The molecule has 19 heavy (non-hydrogen) atoms. The Labute approximate surface area is 117 Å². The van der Waals surface area contributed by atoms with E-state index in [9.17, 15) is 9.18 Å². The van der Waals surface area contributed by atoms with Crippen LogP contribution in [-0.4, -0.2) is 11.9 Å². The molecule has 0 aromatic heterocycles. The topological polar surface area (TPSA) is 55.1 Å². The fourth-order valence-corrected chi connectivity index (χ4v) is 2.70. The van der Waals surface area contributed by atoms with Gasteiger partial charge in [0.1, 0.15) is 5.82 Å². The molecule has 3 nitrogen and oxygen atoms in total. The number of hydrogen-bond donors (Lipinski definition) is 2. The van der Waals surface area contributed by atoms with E-state index in [0.29, 0.717) is 12.6 Å². The van der Waals surface area contributed by atoms with E-state index in [4.69, 9.17) is 17.3 Å². The highest BCUT2D eigenvalue weighted by Crippen LogP contribution is 2.24. The number of benzene rings is 1. The lowest BCUT2D eigenvalue weighted by Crippen LogP contribution is -2.36. The number of nitrogens with two attached hydrogens (primary N) is 1. The van der Waals surface area contributed by atoms with E-state index in [1.165, 1.54) is 6.07 Å². The molecule has 0 bridgehead atoms. The lowest BCUT2D eigenvalue weighted by molar-refractivity contribution is -0.122. The maximum absolute atomic E-state index is 13.0. The van der Waals surface area contributed by atoms with Gasteiger partial charge in [-0.2, -0.15) is 0 Å². The molecule has 0 heterocycles. The largest absolute Gasteiger partial charge is 0.369 e. The molecule has 0 saturated heterocycles. The molecule has 0 unspecified atom stereocenters. The molecule has 1 aromatic rings. The van der Waals surface area contributed by atoms with Crippen LogP contribution in [0, 0.1) is 11.7 Å². The molecule has 1 aliphatic rings. The van der Waals surface area contributed by atoms with Gasteiger partial charge in [-0.3, -0.25) is 4.79 Å². The highest BCUT2D eigenvalue weighted by molar-refractivity contribution is 6.30. The number of primary amides is 1. The van der Waals surface area contributed by atoms with Crippen molar-refractivity contribution in [1.29, 1.82) is 0 Å². The van der Waals surface area contributed by atoms with Crippen molar-refractivity contribution in [3.63, 3.8) is 0 Å². The van der Waals surface area contributed by atoms with Crippen LogP contribution < -0.4 is 11.1 Å². The first-order valence-corrected chi connectivity index (χ1v) is 6.90. The van der Waals surface area contributed by atoms with Gasteiger partial charge in [0.05, 0.1) is 5.02 Å². The summed E-state index contributed by atoms with van der Waals surface area (Å²) in [5.41, 5.74) is 6.26. The van der Waals surface area contributed by atoms with Crippen molar-refractivity contribution in [1.82, 2.24) is 5.32 Å². The Morgan fingerprint density at radius 3 is 2.63 bits per heavy atom. The second-order valence-electron chi connectivity index (χ2n) is 5.08. The average molecular weight is 285 g/mol. The van der Waals surface area contributed by atoms with Gasteiger partial charge in [-0.1, -0.05) is 17.7 Å². The van der Waals surface area contributed by atoms with Crippen LogP contribution in [-0.2, 0) is 11.3 Å². The number of hydrogen-bond acceptors (Lipinski definition) is 2. The zero-order chi connectivity index (χ0) is 13.8. The molecule has 104 valence electrons. The van der Waals surface area contributed by atoms with E-state index in [1.54, 1.807) is 12.1 Å². The first kappa shape index (κ1) is 14.3. The fraction of sp³-hybridized carbons (Fsp3) is 0.500. The number of amides is 1. The summed E-state index contributed by atoms with van der Waals surface area (Å²) >= 11 is 5.74. The molecule has 1 saturated carbocycles. The summed E-state index contributed by atoms with van der Waals surface area (Å²) in [6.07, 6.45) is 3.58. The van der Waals surface area contributed by atoms with Gasteiger partial charge in [0.2, 0.25) is 5.91 Å². The molecule has 2 rings (SSSR count). The highest BCUT2D eigenvalue weighted by atomic mass is 35.5. The predicted molar refractivity (Wildman–Crippen MR) is 73.2 cm³/mol. The number of rotatable bonds is 4. The van der Waals surface area contributed by atoms with Crippen LogP contribution in [0.15, 0.2) is 18.2 Å². The summed E-state index contributed by atoms with van der Waals surface area (Å²) in [5.74, 6) is -0.561. The minimum absolute atomic E-state index is 0.0262. The summed E-state index contributed by atoms with van der Waals surface area (Å²) in [5, 5.41) is 3.56. The van der Waals surface area contributed by atoms with Crippen LogP contribution in [0.4, 0.5) is 4.39 Å². The van der Waals surface area contributed by atoms with Crippen LogP contribution in [0.1, 0.15) is 31.2 Å². The molecular weight excluding hydrogens is 267 g/mol. The van der Waals surface area contributed by atoms with Crippen LogP contribution in [0.2, 0.25) is 5.02 Å². The lowest BCUT2D eigenvalue weighted by atomic mass is 9.85. The molecule has 1 aromatic carbocycles. The van der Waals surface area contributed by atoms with Crippen LogP contribution in [0.5, 0.6) is 0 Å². The average Bonchev–Trinajstić information content (AvgIpc) is 2.40. The SMILES string of the molecule is NC(=O)C1CCC(NCc2ccc(F)c(Cl)c2)CC1. The molecule has 1 amide bonds. The number of nitrogens with one attached hydrogen (secondary N) is 1. The first-order valence-electron chi connectivity index (χ1n) is 6.53. The van der Waals surface area contributed by atoms with Gasteiger partial charge in [0.25, 0.3) is 0 Å². The molecule has 0 atom stereocenters. The summed E-state index contributed by atoms with van der Waals surface area (Å²) < 4.78 is 13.0. The summed E-state index contributed by atoms with van der Waals surface area (Å²) in [4.78, 5) is 11.1. The molecule has 1 aliphatic carbocycles. The number of carbonyl (C=O) groups excluding carboxylic acids is 1. The van der Waals surface area contributed by atoms with Gasteiger partial charge < -0.3 is 11.1 Å². The van der Waals surface area contributed by atoms with E-state index in [0.717, 1.165) is 31.2 Å². The minimum atomic E-state index is -0.396. The van der Waals surface area contributed by atoms with Gasteiger partial charge in [-0.15, -0.1) is 0 Å². The third kappa shape index (κ3) is 3.91. The van der Waals surface area contributed by atoms with Crippen LogP contribution >= 0.6 is 11.6 Å². The summed E-state index contributed by atoms with van der Waals surface area (Å²) in [6, 6.07) is 5.13. The monoisotopic (exact) mass is 284 g/mol. The quantitative estimate of drug-likeness (QED) is 0.893. The maximum atomic E-state index is 13.0. The van der Waals surface area contributed by atoms with Crippen molar-refractivity contribution < 1.29 is 9.18 Å². The van der Waals surface area contributed by atoms with E-state index in [1.807, 2.05) is 0 Å². The first-order chi connectivity index (χ1) is 9.06. The number of halogens is 2. The second kappa shape index (κ2) is 6.35. The van der Waals surface area contributed by atoms with Gasteiger partial charge in [0.15, 0.2) is 0 Å². The van der Waals surface area contributed by atoms with E-state index < -0.39 is 5.82 Å². The third-order valence-corrected chi connectivity index (χ3v) is 4.00. The standard InChI is InChI=1S/C14H18ClFN2O/c15-12-7-9(1-6-13(12)16)8-18-11-4-2-10(3-5-11)14(17)19/h1,6-7,10-11,18H,2-5,8H2,(H2,17,19). The molecule has 0 aliphatic heterocycles. The van der Waals surface area contributed by atoms with Crippen molar-refractivity contribution >= 4 is 17.5 Å². The van der Waals surface area contributed by atoms with Crippen molar-refractivity contribution in [2.75, 3.05) is 0 Å². The Bertz CT molecular complexity index is 459. The Balaban J connectivity index is 1.80. The molecule has 1 fully saturated rings. The summed E-state index contributed by atoms with van der Waals surface area (Å²) in [6.45, 7) is 0.659. The molecule has 3 N–H and O–H groups in total. The van der Waals surface area contributed by atoms with Gasteiger partial charge >= 0.3 is 0 Å². The third-order valence-electron chi connectivity index (χ3n) is 3.71. The van der Waals surface area contributed by atoms with E-state index in [2.05, 4.69) is 5.32 Å². The van der Waals surface area contributed by atoms with Crippen molar-refractivity contribution in [2.45, 2.75) is 38.3 Å². The van der Waals surface area contributed by atoms with E-state index in [-0.39, 0.29) is 16.8 Å². The number of carbonyl (C=O) groups is 1. The van der Waals surface area contributed by atoms with Gasteiger partial charge in [-0.05, 0) is 43.4 Å². The van der Waals surface area contributed by atoms with Crippen LogP contribution in [0.3, 0.4) is 0 Å². The van der Waals surface area contributed by atoms with E-state index >= 15 is 0 Å². The zero-order valence-corrected chi connectivity index (χ0v) is 11.4. The lowest BCUT2D eigenvalue weighted by Gasteiger charge is -2.27. The molecule has 0 spiro atoms. The second-order valence-corrected chi connectivity index (χ2v) is 5.49. The Morgan fingerprint density at radius 1 is 1.37 bits per heavy atom. The highest BCUT2D eigenvalue weighted by Gasteiger charge is 2.24. The molecule has 5 heteroatoms. The Morgan fingerprint density at radius 2 is 2.05 bits per heavy atom. The summed E-state index contributed by atoms with van der Waals surface area (Å²) in [7, 11) is 0. The Kier molecular flexibility index (Phi) is 4.77. The van der Waals surface area contributed by atoms with Gasteiger partial charge in [-0.25, -0.2) is 4.39 Å². The fourth-order valence-electron chi connectivity index (χ4n) is 2.49. The molecular formula is C14H18ClFN2O.